The van der Waals surface area contributed by atoms with Gasteiger partial charge in [-0.1, -0.05) is 32.6 Å². The van der Waals surface area contributed by atoms with Crippen LogP contribution < -0.4 is 4.74 Å². The van der Waals surface area contributed by atoms with Gasteiger partial charge in [-0.3, -0.25) is 0 Å². The van der Waals surface area contributed by atoms with Crippen LogP contribution in [0.2, 0.25) is 0 Å². The van der Waals surface area contributed by atoms with Gasteiger partial charge in [0.1, 0.15) is 6.61 Å². The molecule has 0 N–H and O–H groups in total. The van der Waals surface area contributed by atoms with E-state index in [0.717, 1.165) is 25.7 Å². The number of halogens is 2. The normalized spacial score (nSPS) is 18.8. The lowest BCUT2D eigenvalue weighted by Gasteiger charge is -2.34. The summed E-state index contributed by atoms with van der Waals surface area (Å²) in [7, 11) is 0. The molecule has 0 radical (unpaired) electrons. The Labute approximate surface area is 119 Å². The second-order valence-corrected chi connectivity index (χ2v) is 6.32. The van der Waals surface area contributed by atoms with Crippen molar-refractivity contribution in [2.75, 3.05) is 6.61 Å². The summed E-state index contributed by atoms with van der Waals surface area (Å²) in [6.07, 6.45) is 5.43. The molecule has 0 unspecified atom stereocenters. The summed E-state index contributed by atoms with van der Waals surface area (Å²) in [6, 6.07) is 3.19. The highest BCUT2D eigenvalue weighted by atomic mass is 19.2. The van der Waals surface area contributed by atoms with Crippen LogP contribution in [0.5, 0.6) is 5.75 Å². The van der Waals surface area contributed by atoms with E-state index in [4.69, 9.17) is 4.74 Å². The van der Waals surface area contributed by atoms with Crippen LogP contribution in [-0.2, 0) is 0 Å². The van der Waals surface area contributed by atoms with E-state index in [-0.39, 0.29) is 18.3 Å². The summed E-state index contributed by atoms with van der Waals surface area (Å²) in [5, 5.41) is 0. The van der Waals surface area contributed by atoms with Gasteiger partial charge < -0.3 is 4.74 Å². The van der Waals surface area contributed by atoms with E-state index in [9.17, 15) is 8.78 Å². The highest BCUT2D eigenvalue weighted by Gasteiger charge is 2.30. The molecule has 1 aliphatic carbocycles. The summed E-state index contributed by atoms with van der Waals surface area (Å²) < 4.78 is 33.3. The van der Waals surface area contributed by atoms with Crippen molar-refractivity contribution >= 4 is 0 Å². The molecule has 1 aliphatic rings. The van der Waals surface area contributed by atoms with Gasteiger partial charge in [-0.25, -0.2) is 4.39 Å². The van der Waals surface area contributed by atoms with Crippen molar-refractivity contribution in [1.82, 2.24) is 0 Å². The molecule has 20 heavy (non-hydrogen) atoms. The van der Waals surface area contributed by atoms with Crippen LogP contribution in [0.3, 0.4) is 0 Å². The van der Waals surface area contributed by atoms with E-state index in [2.05, 4.69) is 20.4 Å². The molecule has 0 aliphatic heterocycles. The Bertz CT molecular complexity index is 484. The maximum atomic E-state index is 14.2. The lowest BCUT2D eigenvalue weighted by Crippen LogP contribution is -2.21. The largest absolute Gasteiger partial charge is 0.486 e. The number of hydrogen-bond acceptors (Lipinski definition) is 1. The lowest BCUT2D eigenvalue weighted by molar-refractivity contribution is 0.221. The summed E-state index contributed by atoms with van der Waals surface area (Å²) in [4.78, 5) is 0. The predicted octanol–water partition coefficient (Wildman–Crippen LogP) is 5.21. The van der Waals surface area contributed by atoms with E-state index in [1.807, 2.05) is 0 Å². The maximum Gasteiger partial charge on any atom is 0.200 e. The fraction of sp³-hybridized carbons (Fsp3) is 0.529. The molecule has 0 aromatic heterocycles. The van der Waals surface area contributed by atoms with Crippen molar-refractivity contribution in [1.29, 1.82) is 0 Å². The number of hydrogen-bond donors (Lipinski definition) is 0. The van der Waals surface area contributed by atoms with Gasteiger partial charge in [0.25, 0.3) is 0 Å². The Morgan fingerprint density at radius 2 is 1.90 bits per heavy atom. The third-order valence-corrected chi connectivity index (χ3v) is 4.21. The van der Waals surface area contributed by atoms with Crippen molar-refractivity contribution in [3.8, 4) is 5.75 Å². The van der Waals surface area contributed by atoms with Crippen molar-refractivity contribution in [3.05, 3.63) is 42.0 Å². The van der Waals surface area contributed by atoms with Gasteiger partial charge in [-0.05, 0) is 48.6 Å². The first kappa shape index (κ1) is 15.0. The zero-order chi connectivity index (χ0) is 14.8. The minimum absolute atomic E-state index is 0.0395. The fourth-order valence-corrected chi connectivity index (χ4v) is 2.83. The molecule has 1 fully saturated rings. The molecule has 0 spiro atoms. The van der Waals surface area contributed by atoms with Crippen molar-refractivity contribution in [3.63, 3.8) is 0 Å². The molecule has 1 aromatic carbocycles. The molecule has 0 saturated heterocycles. The van der Waals surface area contributed by atoms with Gasteiger partial charge in [0, 0.05) is 0 Å². The van der Waals surface area contributed by atoms with Gasteiger partial charge in [-0.15, -0.1) is 0 Å². The Morgan fingerprint density at radius 1 is 1.25 bits per heavy atom. The van der Waals surface area contributed by atoms with Crippen molar-refractivity contribution in [2.24, 2.45) is 5.41 Å². The molecule has 0 bridgehead atoms. The van der Waals surface area contributed by atoms with Gasteiger partial charge in [0.05, 0.1) is 0 Å². The molecule has 0 heterocycles. The SMILES string of the molecule is C=CCOc1ccc(C2CCC(C)(C)CC2)c(F)c1F. The van der Waals surface area contributed by atoms with Crippen LogP contribution in [-0.4, -0.2) is 6.61 Å². The standard InChI is InChI=1S/C17H22F2O/c1-4-11-20-14-6-5-13(15(18)16(14)19)12-7-9-17(2,3)10-8-12/h4-6,12H,1,7-11H2,2-3H3. The van der Waals surface area contributed by atoms with Gasteiger partial charge >= 0.3 is 0 Å². The molecule has 1 aromatic rings. The number of benzene rings is 1. The van der Waals surface area contributed by atoms with Crippen LogP contribution in [0, 0.1) is 17.0 Å². The molecule has 1 nitrogen and oxygen atoms in total. The van der Waals surface area contributed by atoms with Crippen LogP contribution in [0.1, 0.15) is 51.0 Å². The molecule has 3 heteroatoms. The Hall–Kier alpha value is -1.38. The van der Waals surface area contributed by atoms with E-state index in [1.165, 1.54) is 12.1 Å². The van der Waals surface area contributed by atoms with E-state index >= 15 is 0 Å². The van der Waals surface area contributed by atoms with Crippen LogP contribution in [0.4, 0.5) is 8.78 Å². The molecule has 0 amide bonds. The molecule has 2 rings (SSSR count). The fourth-order valence-electron chi connectivity index (χ4n) is 2.83. The summed E-state index contributed by atoms with van der Waals surface area (Å²) >= 11 is 0. The first-order valence-electron chi connectivity index (χ1n) is 7.16. The zero-order valence-electron chi connectivity index (χ0n) is 12.2. The summed E-state index contributed by atoms with van der Waals surface area (Å²) in [5.41, 5.74) is 0.808. The Balaban J connectivity index is 2.17. The van der Waals surface area contributed by atoms with Gasteiger partial charge in [0.15, 0.2) is 11.6 Å². The number of rotatable bonds is 4. The van der Waals surface area contributed by atoms with E-state index in [1.54, 1.807) is 6.07 Å². The Kier molecular flexibility index (Phi) is 4.46. The average molecular weight is 280 g/mol. The minimum atomic E-state index is -0.880. The third-order valence-electron chi connectivity index (χ3n) is 4.21. The van der Waals surface area contributed by atoms with Crippen LogP contribution in [0.25, 0.3) is 0 Å². The molecular formula is C17H22F2O. The lowest BCUT2D eigenvalue weighted by atomic mass is 9.71. The van der Waals surface area contributed by atoms with E-state index in [0.29, 0.717) is 11.0 Å². The average Bonchev–Trinajstić information content (AvgIpc) is 2.41. The topological polar surface area (TPSA) is 9.23 Å². The highest BCUT2D eigenvalue weighted by molar-refractivity contribution is 5.33. The number of ether oxygens (including phenoxy) is 1. The molecule has 0 atom stereocenters. The third kappa shape index (κ3) is 3.20. The van der Waals surface area contributed by atoms with E-state index < -0.39 is 11.6 Å². The molecule has 110 valence electrons. The monoisotopic (exact) mass is 280 g/mol. The smallest absolute Gasteiger partial charge is 0.200 e. The molecular weight excluding hydrogens is 258 g/mol. The molecule has 1 saturated carbocycles. The van der Waals surface area contributed by atoms with Gasteiger partial charge in [0.2, 0.25) is 5.82 Å². The summed E-state index contributed by atoms with van der Waals surface area (Å²) in [6.45, 7) is 8.12. The predicted molar refractivity (Wildman–Crippen MR) is 77.0 cm³/mol. The minimum Gasteiger partial charge on any atom is -0.486 e. The second-order valence-electron chi connectivity index (χ2n) is 6.32. The highest BCUT2D eigenvalue weighted by Crippen LogP contribution is 2.43. The van der Waals surface area contributed by atoms with Crippen LogP contribution in [0.15, 0.2) is 24.8 Å². The van der Waals surface area contributed by atoms with Crippen molar-refractivity contribution < 1.29 is 13.5 Å². The van der Waals surface area contributed by atoms with Crippen LogP contribution >= 0.6 is 0 Å². The zero-order valence-corrected chi connectivity index (χ0v) is 12.2. The Morgan fingerprint density at radius 3 is 2.50 bits per heavy atom. The van der Waals surface area contributed by atoms with Gasteiger partial charge in [-0.2, -0.15) is 4.39 Å². The maximum absolute atomic E-state index is 14.2. The van der Waals surface area contributed by atoms with Crippen molar-refractivity contribution in [2.45, 2.75) is 45.4 Å². The second kappa shape index (κ2) is 5.94. The quantitative estimate of drug-likeness (QED) is 0.688. The summed E-state index contributed by atoms with van der Waals surface area (Å²) in [5.74, 6) is -1.56. The first-order valence-corrected chi connectivity index (χ1v) is 7.16. The first-order chi connectivity index (χ1) is 9.44.